The van der Waals surface area contributed by atoms with E-state index in [2.05, 4.69) is 53.2 Å². The molecule has 1 aromatic carbocycles. The number of amides is 1. The smallest absolute Gasteiger partial charge is 0.242 e. The van der Waals surface area contributed by atoms with Gasteiger partial charge >= 0.3 is 0 Å². The number of fused-ring (bicyclic) bond motifs is 1. The molecule has 3 heterocycles. The molecular formula is C24H28N3O+. The quantitative estimate of drug-likeness (QED) is 0.634. The number of likely N-dealkylation sites (tertiary alicyclic amines) is 1. The van der Waals surface area contributed by atoms with Crippen molar-refractivity contribution in [3.8, 4) is 0 Å². The summed E-state index contributed by atoms with van der Waals surface area (Å²) in [5.74, 6) is 0.230. The second kappa shape index (κ2) is 8.42. The van der Waals surface area contributed by atoms with Crippen molar-refractivity contribution in [3.05, 3.63) is 66.1 Å². The Morgan fingerprint density at radius 2 is 1.71 bits per heavy atom. The Balaban J connectivity index is 1.59. The number of hydrogen-bond donors (Lipinski definition) is 0. The van der Waals surface area contributed by atoms with Gasteiger partial charge in [0.05, 0.1) is 0 Å². The maximum Gasteiger partial charge on any atom is 0.242 e. The maximum absolute atomic E-state index is 12.9. The molecule has 4 nitrogen and oxygen atoms in total. The number of hydrogen-bond acceptors (Lipinski definition) is 1. The van der Waals surface area contributed by atoms with Crippen molar-refractivity contribution in [2.45, 2.75) is 32.2 Å². The monoisotopic (exact) mass is 374 g/mol. The Hall–Kier alpha value is -2.88. The van der Waals surface area contributed by atoms with Crippen LogP contribution in [0.15, 0.2) is 55.0 Å². The number of para-hydroxylation sites is 1. The minimum atomic E-state index is 0.230. The zero-order valence-corrected chi connectivity index (χ0v) is 16.6. The van der Waals surface area contributed by atoms with E-state index in [1.54, 1.807) is 0 Å². The van der Waals surface area contributed by atoms with Crippen LogP contribution in [0.3, 0.4) is 0 Å². The van der Waals surface area contributed by atoms with Crippen LogP contribution in [0.2, 0.25) is 0 Å². The molecule has 1 aliphatic heterocycles. The Kier molecular flexibility index (Phi) is 5.56. The number of rotatable bonds is 4. The summed E-state index contributed by atoms with van der Waals surface area (Å²) in [6.07, 6.45) is 15.2. The van der Waals surface area contributed by atoms with Crippen molar-refractivity contribution in [2.24, 2.45) is 7.05 Å². The van der Waals surface area contributed by atoms with Crippen LogP contribution in [0.1, 0.15) is 36.8 Å². The molecule has 0 spiro atoms. The molecule has 1 saturated heterocycles. The average Bonchev–Trinajstić information content (AvgIpc) is 2.88. The highest BCUT2D eigenvalue weighted by atomic mass is 16.2. The van der Waals surface area contributed by atoms with Crippen molar-refractivity contribution in [1.82, 2.24) is 9.47 Å². The van der Waals surface area contributed by atoms with Gasteiger partial charge in [-0.1, -0.05) is 43.2 Å². The lowest BCUT2D eigenvalue weighted by molar-refractivity contribution is -0.671. The average molecular weight is 375 g/mol. The van der Waals surface area contributed by atoms with Crippen LogP contribution in [0, 0.1) is 0 Å². The van der Waals surface area contributed by atoms with E-state index in [1.165, 1.54) is 18.2 Å². The van der Waals surface area contributed by atoms with Crippen LogP contribution in [0.4, 0.5) is 0 Å². The lowest BCUT2D eigenvalue weighted by Gasteiger charge is -2.20. The molecule has 1 fully saturated rings. The van der Waals surface area contributed by atoms with E-state index in [-0.39, 0.29) is 5.91 Å². The SMILES string of the molecule is C[n+]1ccc(/C=C/c2cn(CC(=O)N3CCCCCC3)c3ccccc23)cc1. The van der Waals surface area contributed by atoms with Crippen LogP contribution >= 0.6 is 0 Å². The summed E-state index contributed by atoms with van der Waals surface area (Å²) in [6, 6.07) is 12.5. The molecule has 144 valence electrons. The van der Waals surface area contributed by atoms with Crippen LogP contribution in [-0.4, -0.2) is 28.5 Å². The normalized spacial score (nSPS) is 15.2. The number of carbonyl (C=O) groups is 1. The Bertz CT molecular complexity index is 977. The second-order valence-electron chi connectivity index (χ2n) is 7.65. The standard InChI is InChI=1S/C24H28N3O/c1-25-16-12-20(13-17-25)10-11-21-18-27(23-9-5-4-8-22(21)23)19-24(28)26-14-6-2-3-7-15-26/h4-5,8-13,16-18H,2-3,6-7,14-15,19H2,1H3/q+1. The number of aryl methyl sites for hydroxylation is 1. The van der Waals surface area contributed by atoms with E-state index in [0.717, 1.165) is 42.6 Å². The first-order valence-electron chi connectivity index (χ1n) is 10.2. The Morgan fingerprint density at radius 1 is 1.00 bits per heavy atom. The third kappa shape index (κ3) is 4.16. The fourth-order valence-electron chi connectivity index (χ4n) is 3.91. The zero-order chi connectivity index (χ0) is 19.3. The predicted molar refractivity (Wildman–Crippen MR) is 114 cm³/mol. The molecule has 0 unspecified atom stereocenters. The van der Waals surface area contributed by atoms with Crippen LogP contribution in [0.5, 0.6) is 0 Å². The Morgan fingerprint density at radius 3 is 2.46 bits per heavy atom. The number of pyridine rings is 1. The molecule has 0 saturated carbocycles. The highest BCUT2D eigenvalue weighted by Gasteiger charge is 2.17. The van der Waals surface area contributed by atoms with E-state index >= 15 is 0 Å². The van der Waals surface area contributed by atoms with E-state index in [9.17, 15) is 4.79 Å². The van der Waals surface area contributed by atoms with Gasteiger partial charge < -0.3 is 9.47 Å². The summed E-state index contributed by atoms with van der Waals surface area (Å²) in [5, 5.41) is 1.18. The summed E-state index contributed by atoms with van der Waals surface area (Å²) in [6.45, 7) is 2.21. The summed E-state index contributed by atoms with van der Waals surface area (Å²) < 4.78 is 4.13. The number of benzene rings is 1. The lowest BCUT2D eigenvalue weighted by atomic mass is 10.1. The summed E-state index contributed by atoms with van der Waals surface area (Å²) in [4.78, 5) is 14.9. The van der Waals surface area contributed by atoms with Crippen molar-refractivity contribution in [3.63, 3.8) is 0 Å². The second-order valence-corrected chi connectivity index (χ2v) is 7.65. The summed E-state index contributed by atoms with van der Waals surface area (Å²) in [7, 11) is 2.02. The molecule has 1 aliphatic rings. The predicted octanol–water partition coefficient (Wildman–Crippen LogP) is 4.04. The first kappa shape index (κ1) is 18.5. The molecule has 4 rings (SSSR count). The van der Waals surface area contributed by atoms with E-state index in [4.69, 9.17) is 0 Å². The molecule has 0 N–H and O–H groups in total. The first-order valence-corrected chi connectivity index (χ1v) is 10.2. The number of nitrogens with zero attached hydrogens (tertiary/aromatic N) is 3. The molecule has 3 aromatic rings. The van der Waals surface area contributed by atoms with Crippen LogP contribution < -0.4 is 4.57 Å². The minimum absolute atomic E-state index is 0.230. The molecular weight excluding hydrogens is 346 g/mol. The topological polar surface area (TPSA) is 29.1 Å². The van der Waals surface area contributed by atoms with E-state index in [0.29, 0.717) is 6.54 Å². The fourth-order valence-corrected chi connectivity index (χ4v) is 3.91. The fraction of sp³-hybridized carbons (Fsp3) is 0.333. The van der Waals surface area contributed by atoms with Crippen molar-refractivity contribution < 1.29 is 9.36 Å². The minimum Gasteiger partial charge on any atom is -0.341 e. The largest absolute Gasteiger partial charge is 0.341 e. The van der Waals surface area contributed by atoms with Gasteiger partial charge in [0.15, 0.2) is 12.4 Å². The van der Waals surface area contributed by atoms with E-state index < -0.39 is 0 Å². The first-order chi connectivity index (χ1) is 13.7. The van der Waals surface area contributed by atoms with Gasteiger partial charge in [-0.2, -0.15) is 0 Å². The highest BCUT2D eigenvalue weighted by molar-refractivity contribution is 5.93. The maximum atomic E-state index is 12.9. The molecule has 2 aromatic heterocycles. The zero-order valence-electron chi connectivity index (χ0n) is 16.6. The van der Waals surface area contributed by atoms with Gasteiger partial charge in [-0.05, 0) is 24.5 Å². The lowest BCUT2D eigenvalue weighted by Crippen LogP contribution is -2.34. The third-order valence-electron chi connectivity index (χ3n) is 5.54. The molecule has 0 bridgehead atoms. The van der Waals surface area contributed by atoms with Gasteiger partial charge in [0, 0.05) is 47.9 Å². The third-order valence-corrected chi connectivity index (χ3v) is 5.54. The van der Waals surface area contributed by atoms with Crippen molar-refractivity contribution in [1.29, 1.82) is 0 Å². The number of carbonyl (C=O) groups excluding carboxylic acids is 1. The van der Waals surface area contributed by atoms with Crippen LogP contribution in [-0.2, 0) is 18.4 Å². The molecule has 0 atom stereocenters. The van der Waals surface area contributed by atoms with Gasteiger partial charge in [-0.25, -0.2) is 4.57 Å². The Labute approximate surface area is 166 Å². The van der Waals surface area contributed by atoms with Gasteiger partial charge in [0.2, 0.25) is 5.91 Å². The van der Waals surface area contributed by atoms with Gasteiger partial charge in [0.1, 0.15) is 13.6 Å². The molecule has 1 amide bonds. The summed E-state index contributed by atoms with van der Waals surface area (Å²) in [5.41, 5.74) is 3.42. The van der Waals surface area contributed by atoms with Gasteiger partial charge in [-0.3, -0.25) is 4.79 Å². The van der Waals surface area contributed by atoms with Crippen molar-refractivity contribution in [2.75, 3.05) is 13.1 Å². The highest BCUT2D eigenvalue weighted by Crippen LogP contribution is 2.24. The molecule has 0 radical (unpaired) electrons. The molecule has 28 heavy (non-hydrogen) atoms. The van der Waals surface area contributed by atoms with E-state index in [1.807, 2.05) is 35.0 Å². The van der Waals surface area contributed by atoms with Crippen molar-refractivity contribution >= 4 is 29.0 Å². The number of aromatic nitrogens is 2. The molecule has 4 heteroatoms. The van der Waals surface area contributed by atoms with Gasteiger partial charge in [-0.15, -0.1) is 0 Å². The van der Waals surface area contributed by atoms with Crippen LogP contribution in [0.25, 0.3) is 23.1 Å². The molecule has 0 aliphatic carbocycles. The summed E-state index contributed by atoms with van der Waals surface area (Å²) >= 11 is 0. The van der Waals surface area contributed by atoms with Gasteiger partial charge in [0.25, 0.3) is 0 Å².